The zero-order valence-corrected chi connectivity index (χ0v) is 21.6. The molecule has 1 aliphatic rings. The second kappa shape index (κ2) is 10.3. The lowest BCUT2D eigenvalue weighted by Gasteiger charge is -2.11. The largest absolute Gasteiger partial charge is 0.462 e. The minimum Gasteiger partial charge on any atom is -0.462 e. The Morgan fingerprint density at radius 3 is 2.67 bits per heavy atom. The fourth-order valence-corrected chi connectivity index (χ4v) is 5.74. The number of halogens is 1. The number of rotatable bonds is 5. The molecule has 0 spiro atoms. The van der Waals surface area contributed by atoms with Gasteiger partial charge in [-0.05, 0) is 81.5 Å². The molecule has 36 heavy (non-hydrogen) atoms. The normalized spacial score (nSPS) is 13.5. The van der Waals surface area contributed by atoms with E-state index in [0.717, 1.165) is 41.7 Å². The van der Waals surface area contributed by atoms with E-state index in [1.165, 1.54) is 11.3 Å². The number of anilines is 1. The van der Waals surface area contributed by atoms with Crippen molar-refractivity contribution in [3.8, 4) is 0 Å². The second-order valence-electron chi connectivity index (χ2n) is 8.69. The monoisotopic (exact) mass is 520 g/mol. The number of nitrogens with one attached hydrogen (secondary N) is 1. The number of carbonyl (C=O) groups is 2. The van der Waals surface area contributed by atoms with Crippen LogP contribution in [0.3, 0.4) is 0 Å². The molecule has 0 aliphatic heterocycles. The van der Waals surface area contributed by atoms with Gasteiger partial charge in [0.2, 0.25) is 5.55 Å². The number of thiophene rings is 1. The van der Waals surface area contributed by atoms with Gasteiger partial charge in [0.15, 0.2) is 0 Å². The van der Waals surface area contributed by atoms with Crippen molar-refractivity contribution in [2.24, 2.45) is 4.99 Å². The van der Waals surface area contributed by atoms with Gasteiger partial charge in [-0.15, -0.1) is 11.3 Å². The van der Waals surface area contributed by atoms with Gasteiger partial charge >= 0.3 is 5.97 Å². The molecular formula is C28H25ClN2O4S. The lowest BCUT2D eigenvalue weighted by atomic mass is 9.95. The maximum Gasteiger partial charge on any atom is 0.341 e. The van der Waals surface area contributed by atoms with Crippen molar-refractivity contribution >= 4 is 56.5 Å². The SMILES string of the molecule is CCOC(=O)c1c(N=c2oc3ccc(Cl)cc3cc2C(=O)Nc2ccc(C)cc2)sc2c1CCCC2. The van der Waals surface area contributed by atoms with Crippen LogP contribution in [0.5, 0.6) is 0 Å². The Morgan fingerprint density at radius 2 is 1.89 bits per heavy atom. The minimum atomic E-state index is -0.395. The number of amides is 1. The predicted molar refractivity (Wildman–Crippen MR) is 142 cm³/mol. The first-order chi connectivity index (χ1) is 17.4. The number of carbonyl (C=O) groups excluding carboxylic acids is 2. The molecule has 0 atom stereocenters. The average molecular weight is 521 g/mol. The highest BCUT2D eigenvalue weighted by Gasteiger charge is 2.27. The summed E-state index contributed by atoms with van der Waals surface area (Å²) < 4.78 is 11.5. The first kappa shape index (κ1) is 24.3. The molecule has 0 saturated carbocycles. The summed E-state index contributed by atoms with van der Waals surface area (Å²) in [6.45, 7) is 4.04. The highest BCUT2D eigenvalue weighted by Crippen LogP contribution is 2.40. The number of ether oxygens (including phenoxy) is 1. The lowest BCUT2D eigenvalue weighted by molar-refractivity contribution is 0.0526. The molecule has 1 N–H and O–H groups in total. The smallest absolute Gasteiger partial charge is 0.341 e. The van der Waals surface area contributed by atoms with Crippen LogP contribution in [0.1, 0.15) is 56.5 Å². The van der Waals surface area contributed by atoms with Crippen LogP contribution < -0.4 is 10.9 Å². The Morgan fingerprint density at radius 1 is 1.11 bits per heavy atom. The van der Waals surface area contributed by atoms with Gasteiger partial charge in [-0.3, -0.25) is 4.79 Å². The van der Waals surface area contributed by atoms with Gasteiger partial charge < -0.3 is 14.5 Å². The van der Waals surface area contributed by atoms with Crippen molar-refractivity contribution in [3.05, 3.63) is 86.2 Å². The van der Waals surface area contributed by atoms with Crippen molar-refractivity contribution in [3.63, 3.8) is 0 Å². The van der Waals surface area contributed by atoms with Crippen molar-refractivity contribution in [1.29, 1.82) is 0 Å². The third kappa shape index (κ3) is 4.94. The number of aryl methyl sites for hydroxylation is 2. The van der Waals surface area contributed by atoms with Gasteiger partial charge in [-0.25, -0.2) is 9.79 Å². The fraction of sp³-hybridized carbons (Fsp3) is 0.250. The first-order valence-corrected chi connectivity index (χ1v) is 13.1. The Kier molecular flexibility index (Phi) is 6.94. The van der Waals surface area contributed by atoms with E-state index in [2.05, 4.69) is 5.32 Å². The van der Waals surface area contributed by atoms with Gasteiger partial charge in [-0.1, -0.05) is 29.3 Å². The molecule has 0 bridgehead atoms. The summed E-state index contributed by atoms with van der Waals surface area (Å²) in [6, 6.07) is 14.4. The molecule has 0 saturated heterocycles. The van der Waals surface area contributed by atoms with E-state index in [9.17, 15) is 9.59 Å². The van der Waals surface area contributed by atoms with Crippen LogP contribution in [0.25, 0.3) is 11.0 Å². The zero-order valence-electron chi connectivity index (χ0n) is 20.0. The van der Waals surface area contributed by atoms with E-state index in [1.807, 2.05) is 31.2 Å². The van der Waals surface area contributed by atoms with Crippen LogP contribution in [0.15, 0.2) is 57.9 Å². The molecular weight excluding hydrogens is 496 g/mol. The van der Waals surface area contributed by atoms with Gasteiger partial charge in [-0.2, -0.15) is 0 Å². The quantitative estimate of drug-likeness (QED) is 0.287. The number of esters is 1. The summed E-state index contributed by atoms with van der Waals surface area (Å²) in [5, 5.41) is 4.62. The Bertz CT molecular complexity index is 1540. The molecule has 6 nitrogen and oxygen atoms in total. The summed E-state index contributed by atoms with van der Waals surface area (Å²) in [6.07, 6.45) is 3.79. The fourth-order valence-electron chi connectivity index (χ4n) is 4.32. The minimum absolute atomic E-state index is 0.124. The molecule has 5 rings (SSSR count). The number of hydrogen-bond acceptors (Lipinski definition) is 6. The molecule has 4 aromatic rings. The standard InChI is InChI=1S/C28H25ClN2O4S/c1-3-34-28(33)24-20-6-4-5-7-23(20)36-27(24)31-26-21(15-17-14-18(29)10-13-22(17)35-26)25(32)30-19-11-8-16(2)9-12-19/h8-15H,3-7H2,1-2H3,(H,30,32). The number of hydrogen-bond donors (Lipinski definition) is 1. The number of fused-ring (bicyclic) bond motifs is 2. The average Bonchev–Trinajstić information content (AvgIpc) is 3.23. The van der Waals surface area contributed by atoms with Crippen molar-refractivity contribution < 1.29 is 18.7 Å². The van der Waals surface area contributed by atoms with Crippen LogP contribution >= 0.6 is 22.9 Å². The molecule has 184 valence electrons. The summed E-state index contributed by atoms with van der Waals surface area (Å²) in [5.74, 6) is -0.767. The first-order valence-electron chi connectivity index (χ1n) is 11.9. The Labute approximate surface area is 217 Å². The zero-order chi connectivity index (χ0) is 25.2. The molecule has 2 aromatic carbocycles. The molecule has 1 amide bonds. The molecule has 8 heteroatoms. The van der Waals surface area contributed by atoms with Gasteiger partial charge in [0.25, 0.3) is 5.91 Å². The third-order valence-corrected chi connectivity index (χ3v) is 7.52. The summed E-state index contributed by atoms with van der Waals surface area (Å²) in [5.41, 5.74) is 4.12. The van der Waals surface area contributed by atoms with E-state index in [1.54, 1.807) is 31.2 Å². The van der Waals surface area contributed by atoms with Crippen LogP contribution in [-0.4, -0.2) is 18.5 Å². The highest BCUT2D eigenvalue weighted by atomic mass is 35.5. The van der Waals surface area contributed by atoms with Gasteiger partial charge in [0, 0.05) is 21.0 Å². The van der Waals surface area contributed by atoms with E-state index in [4.69, 9.17) is 25.7 Å². The summed E-state index contributed by atoms with van der Waals surface area (Å²) in [4.78, 5) is 32.2. The third-order valence-electron chi connectivity index (χ3n) is 6.10. The van der Waals surface area contributed by atoms with Crippen LogP contribution in [0.2, 0.25) is 5.02 Å². The second-order valence-corrected chi connectivity index (χ2v) is 10.2. The Hall–Kier alpha value is -3.42. The van der Waals surface area contributed by atoms with Crippen LogP contribution in [0.4, 0.5) is 10.7 Å². The van der Waals surface area contributed by atoms with Crippen molar-refractivity contribution in [2.45, 2.75) is 39.5 Å². The lowest BCUT2D eigenvalue weighted by Crippen LogP contribution is -2.21. The number of benzene rings is 2. The van der Waals surface area contributed by atoms with Crippen LogP contribution in [0, 0.1) is 6.92 Å². The summed E-state index contributed by atoms with van der Waals surface area (Å²) in [7, 11) is 0. The van der Waals surface area contributed by atoms with Gasteiger partial charge in [0.1, 0.15) is 16.1 Å². The van der Waals surface area contributed by atoms with Crippen LogP contribution in [-0.2, 0) is 17.6 Å². The summed E-state index contributed by atoms with van der Waals surface area (Å²) >= 11 is 7.66. The van der Waals surface area contributed by atoms with E-state index < -0.39 is 5.97 Å². The Balaban J connectivity index is 1.68. The van der Waals surface area contributed by atoms with E-state index >= 15 is 0 Å². The van der Waals surface area contributed by atoms with Crippen molar-refractivity contribution in [1.82, 2.24) is 0 Å². The van der Waals surface area contributed by atoms with Gasteiger partial charge in [0.05, 0.1) is 12.2 Å². The molecule has 0 unspecified atom stereocenters. The molecule has 1 aliphatic carbocycles. The molecule has 2 aromatic heterocycles. The van der Waals surface area contributed by atoms with E-state index in [0.29, 0.717) is 32.2 Å². The molecule has 0 radical (unpaired) electrons. The molecule has 2 heterocycles. The maximum absolute atomic E-state index is 13.4. The molecule has 0 fully saturated rings. The van der Waals surface area contributed by atoms with E-state index in [-0.39, 0.29) is 23.6 Å². The maximum atomic E-state index is 13.4. The van der Waals surface area contributed by atoms with Crippen molar-refractivity contribution in [2.75, 3.05) is 11.9 Å². The topological polar surface area (TPSA) is 80.9 Å². The predicted octanol–water partition coefficient (Wildman–Crippen LogP) is 7.00. The number of nitrogens with zero attached hydrogens (tertiary/aromatic N) is 1. The highest BCUT2D eigenvalue weighted by molar-refractivity contribution is 7.16.